The Morgan fingerprint density at radius 2 is 1.78 bits per heavy atom. The van der Waals surface area contributed by atoms with Crippen molar-refractivity contribution in [2.24, 2.45) is 0 Å². The number of aryl methyl sites for hydroxylation is 1. The molecule has 120 valence electrons. The number of sulfonamides is 1. The van der Waals surface area contributed by atoms with Crippen LogP contribution in [0.4, 0.5) is 0 Å². The number of nitrogens with zero attached hydrogens (tertiary/aromatic N) is 1. The van der Waals surface area contributed by atoms with Gasteiger partial charge in [-0.15, -0.1) is 0 Å². The first-order chi connectivity index (χ1) is 11.0. The summed E-state index contributed by atoms with van der Waals surface area (Å²) in [6.07, 6.45) is 0.678. The maximum Gasteiger partial charge on any atom is 0.243 e. The first-order valence-corrected chi connectivity index (χ1v) is 8.96. The van der Waals surface area contributed by atoms with E-state index in [1.807, 2.05) is 25.1 Å². The zero-order valence-electron chi connectivity index (χ0n) is 12.8. The molecule has 2 aromatic carbocycles. The summed E-state index contributed by atoms with van der Waals surface area (Å²) >= 11 is 0. The molecule has 0 spiro atoms. The molecule has 0 amide bonds. The highest BCUT2D eigenvalue weighted by Crippen LogP contribution is 2.37. The summed E-state index contributed by atoms with van der Waals surface area (Å²) in [5, 5.41) is 0. The van der Waals surface area contributed by atoms with Gasteiger partial charge in [0.05, 0.1) is 4.90 Å². The largest absolute Gasteiger partial charge is 0.454 e. The second kappa shape index (κ2) is 5.25. The van der Waals surface area contributed by atoms with Gasteiger partial charge in [0.15, 0.2) is 11.5 Å². The Bertz CT molecular complexity index is 876. The number of hydrogen-bond donors (Lipinski definition) is 0. The monoisotopic (exact) mass is 331 g/mol. The van der Waals surface area contributed by atoms with Gasteiger partial charge >= 0.3 is 0 Å². The summed E-state index contributed by atoms with van der Waals surface area (Å²) in [6.45, 7) is 2.96. The van der Waals surface area contributed by atoms with Crippen molar-refractivity contribution in [1.29, 1.82) is 0 Å². The number of ether oxygens (including phenoxy) is 2. The zero-order valence-corrected chi connectivity index (χ0v) is 13.6. The van der Waals surface area contributed by atoms with Gasteiger partial charge in [0, 0.05) is 13.1 Å². The molecule has 4 rings (SSSR count). The Morgan fingerprint density at radius 1 is 1.04 bits per heavy atom. The molecule has 0 aromatic heterocycles. The predicted molar refractivity (Wildman–Crippen MR) is 85.0 cm³/mol. The Kier molecular flexibility index (Phi) is 3.32. The first kappa shape index (κ1) is 14.5. The molecule has 0 bridgehead atoms. The van der Waals surface area contributed by atoms with Crippen LogP contribution in [0.2, 0.25) is 0 Å². The lowest BCUT2D eigenvalue weighted by Gasteiger charge is -2.28. The molecule has 0 atom stereocenters. The zero-order chi connectivity index (χ0) is 16.0. The highest BCUT2D eigenvalue weighted by molar-refractivity contribution is 7.89. The van der Waals surface area contributed by atoms with Crippen molar-refractivity contribution >= 4 is 10.0 Å². The average Bonchev–Trinajstić information content (AvgIpc) is 2.99. The van der Waals surface area contributed by atoms with Gasteiger partial charge in [-0.25, -0.2) is 8.42 Å². The predicted octanol–water partition coefficient (Wildman–Crippen LogP) is 2.47. The van der Waals surface area contributed by atoms with Gasteiger partial charge in [0.25, 0.3) is 0 Å². The minimum Gasteiger partial charge on any atom is -0.454 e. The van der Waals surface area contributed by atoms with E-state index in [1.165, 1.54) is 4.31 Å². The van der Waals surface area contributed by atoms with Crippen molar-refractivity contribution in [3.8, 4) is 11.5 Å². The highest BCUT2D eigenvalue weighted by Gasteiger charge is 2.30. The first-order valence-electron chi connectivity index (χ1n) is 7.52. The summed E-state index contributed by atoms with van der Waals surface area (Å²) in [5.41, 5.74) is 3.05. The third-order valence-electron chi connectivity index (χ3n) is 4.30. The van der Waals surface area contributed by atoms with E-state index in [0.29, 0.717) is 30.2 Å². The van der Waals surface area contributed by atoms with E-state index in [2.05, 4.69) is 0 Å². The van der Waals surface area contributed by atoms with Crippen LogP contribution in [0.5, 0.6) is 11.5 Å². The van der Waals surface area contributed by atoms with E-state index in [0.717, 1.165) is 22.4 Å². The van der Waals surface area contributed by atoms with Gasteiger partial charge in [-0.2, -0.15) is 4.31 Å². The summed E-state index contributed by atoms with van der Waals surface area (Å²) in [5.74, 6) is 1.44. The van der Waals surface area contributed by atoms with Crippen molar-refractivity contribution in [2.75, 3.05) is 13.3 Å². The molecular weight excluding hydrogens is 314 g/mol. The van der Waals surface area contributed by atoms with E-state index in [9.17, 15) is 8.42 Å². The maximum atomic E-state index is 12.9. The lowest BCUT2D eigenvalue weighted by atomic mass is 10.0. The smallest absolute Gasteiger partial charge is 0.243 e. The Balaban J connectivity index is 1.67. The van der Waals surface area contributed by atoms with Crippen LogP contribution in [0, 0.1) is 6.92 Å². The highest BCUT2D eigenvalue weighted by atomic mass is 32.2. The van der Waals surface area contributed by atoms with E-state index in [4.69, 9.17) is 9.47 Å². The van der Waals surface area contributed by atoms with Crippen LogP contribution in [-0.2, 0) is 23.0 Å². The molecule has 23 heavy (non-hydrogen) atoms. The minimum absolute atomic E-state index is 0.226. The average molecular weight is 331 g/mol. The summed E-state index contributed by atoms with van der Waals surface area (Å²) in [6, 6.07) is 10.9. The molecule has 2 aromatic rings. The van der Waals surface area contributed by atoms with E-state index in [1.54, 1.807) is 18.2 Å². The van der Waals surface area contributed by atoms with Crippen molar-refractivity contribution in [3.63, 3.8) is 0 Å². The van der Waals surface area contributed by atoms with Crippen LogP contribution < -0.4 is 9.47 Å². The Morgan fingerprint density at radius 3 is 2.52 bits per heavy atom. The fourth-order valence-electron chi connectivity index (χ4n) is 3.05. The summed E-state index contributed by atoms with van der Waals surface area (Å²) in [4.78, 5) is 0.349. The summed E-state index contributed by atoms with van der Waals surface area (Å²) < 4.78 is 38.0. The third-order valence-corrected chi connectivity index (χ3v) is 6.14. The molecule has 0 unspecified atom stereocenters. The van der Waals surface area contributed by atoms with Crippen LogP contribution >= 0.6 is 0 Å². The molecule has 0 fully saturated rings. The number of rotatable bonds is 2. The van der Waals surface area contributed by atoms with Crippen LogP contribution in [0.25, 0.3) is 0 Å². The summed E-state index contributed by atoms with van der Waals surface area (Å²) in [7, 11) is -3.48. The van der Waals surface area contributed by atoms with E-state index in [-0.39, 0.29) is 6.79 Å². The molecule has 0 radical (unpaired) electrons. The Labute approximate surface area is 135 Å². The fourth-order valence-corrected chi connectivity index (χ4v) is 4.57. The number of hydrogen-bond acceptors (Lipinski definition) is 4. The molecule has 6 heteroatoms. The molecule has 2 heterocycles. The van der Waals surface area contributed by atoms with Gasteiger partial charge in [0.2, 0.25) is 16.8 Å². The van der Waals surface area contributed by atoms with Crippen molar-refractivity contribution in [2.45, 2.75) is 24.8 Å². The lowest BCUT2D eigenvalue weighted by molar-refractivity contribution is 0.174. The van der Waals surface area contributed by atoms with Crippen LogP contribution in [-0.4, -0.2) is 26.1 Å². The van der Waals surface area contributed by atoms with E-state index < -0.39 is 10.0 Å². The van der Waals surface area contributed by atoms with Crippen molar-refractivity contribution in [3.05, 3.63) is 53.1 Å². The van der Waals surface area contributed by atoms with E-state index >= 15 is 0 Å². The number of fused-ring (bicyclic) bond motifs is 2. The SMILES string of the molecule is Cc1cccc(S(=O)(=O)N2CCc3cc4c(cc3C2)OCO4)c1. The molecule has 5 nitrogen and oxygen atoms in total. The Hall–Kier alpha value is -2.05. The number of benzene rings is 2. The van der Waals surface area contributed by atoms with Crippen LogP contribution in [0.3, 0.4) is 0 Å². The normalized spacial score (nSPS) is 17.1. The third kappa shape index (κ3) is 2.48. The standard InChI is InChI=1S/C17H17NO4S/c1-12-3-2-4-15(7-12)23(19,20)18-6-5-13-8-16-17(22-11-21-16)9-14(13)10-18/h2-4,7-9H,5-6,10-11H2,1H3. The molecule has 2 aliphatic heterocycles. The molecule has 0 N–H and O–H groups in total. The van der Waals surface area contributed by atoms with Crippen LogP contribution in [0.15, 0.2) is 41.3 Å². The molecule has 0 saturated carbocycles. The second-order valence-electron chi connectivity index (χ2n) is 5.88. The van der Waals surface area contributed by atoms with Crippen molar-refractivity contribution in [1.82, 2.24) is 4.31 Å². The van der Waals surface area contributed by atoms with Gasteiger partial charge in [-0.05, 0) is 54.3 Å². The van der Waals surface area contributed by atoms with Gasteiger partial charge < -0.3 is 9.47 Å². The van der Waals surface area contributed by atoms with Gasteiger partial charge in [-0.3, -0.25) is 0 Å². The lowest BCUT2D eigenvalue weighted by Crippen LogP contribution is -2.35. The quantitative estimate of drug-likeness (QED) is 0.848. The molecule has 2 aliphatic rings. The van der Waals surface area contributed by atoms with Gasteiger partial charge in [0.1, 0.15) is 0 Å². The van der Waals surface area contributed by atoms with Gasteiger partial charge in [-0.1, -0.05) is 12.1 Å². The molecule has 0 saturated heterocycles. The fraction of sp³-hybridized carbons (Fsp3) is 0.294. The van der Waals surface area contributed by atoms with Crippen LogP contribution in [0.1, 0.15) is 16.7 Å². The van der Waals surface area contributed by atoms with Crippen molar-refractivity contribution < 1.29 is 17.9 Å². The topological polar surface area (TPSA) is 55.8 Å². The minimum atomic E-state index is -3.48. The second-order valence-corrected chi connectivity index (χ2v) is 7.82. The molecule has 0 aliphatic carbocycles. The maximum absolute atomic E-state index is 12.9. The molecular formula is C17H17NO4S.